The molecule has 138 valence electrons. The van der Waals surface area contributed by atoms with Crippen molar-refractivity contribution in [2.24, 2.45) is 15.3 Å². The summed E-state index contributed by atoms with van der Waals surface area (Å²) >= 11 is 3.04. The molecule has 2 atom stereocenters. The third kappa shape index (κ3) is 5.94. The number of nitrogens with zero attached hydrogens (tertiary/aromatic N) is 2. The summed E-state index contributed by atoms with van der Waals surface area (Å²) in [5.74, 6) is -0.218. The largest absolute Gasteiger partial charge is 0.359 e. The van der Waals surface area contributed by atoms with Gasteiger partial charge in [0.25, 0.3) is 10.2 Å². The van der Waals surface area contributed by atoms with E-state index in [1.807, 2.05) is 0 Å². The van der Waals surface area contributed by atoms with Crippen molar-refractivity contribution in [3.63, 3.8) is 0 Å². The first-order valence-corrected chi connectivity index (χ1v) is 9.17. The van der Waals surface area contributed by atoms with E-state index in [1.54, 1.807) is 0 Å². The number of nitrogens with one attached hydrogen (secondary N) is 4. The maximum absolute atomic E-state index is 13.3. The third-order valence-electron chi connectivity index (χ3n) is 3.00. The van der Waals surface area contributed by atoms with E-state index in [0.717, 1.165) is 0 Å². The van der Waals surface area contributed by atoms with Gasteiger partial charge < -0.3 is 5.32 Å². The molecule has 1 aromatic rings. The van der Waals surface area contributed by atoms with Crippen LogP contribution < -0.4 is 26.1 Å². The molecule has 0 saturated carbocycles. The standard InChI is InChI=1S/C11H15BrFN7O4S/c12-7-5-6(1-2-8(7)13)17-11(18-21)9-10(20-24-19-9)15-3-4-16-25(14,22)23/h1-2,5,9,11,16-17,19H,3-4H2,(H,15,20)(H2,14,22,23). The summed E-state index contributed by atoms with van der Waals surface area (Å²) in [5.41, 5.74) is 5.41. The van der Waals surface area contributed by atoms with Crippen molar-refractivity contribution < 1.29 is 17.7 Å². The first-order chi connectivity index (χ1) is 11.8. The number of halogens is 2. The number of hydrogen-bond donors (Lipinski definition) is 5. The number of hydroxylamine groups is 2. The van der Waals surface area contributed by atoms with Crippen molar-refractivity contribution in [2.75, 3.05) is 18.4 Å². The van der Waals surface area contributed by atoms with Gasteiger partial charge in [-0.05, 0) is 39.3 Å². The van der Waals surface area contributed by atoms with Crippen molar-refractivity contribution in [2.45, 2.75) is 12.2 Å². The molecule has 1 aliphatic rings. The van der Waals surface area contributed by atoms with Crippen LogP contribution in [-0.4, -0.2) is 39.6 Å². The van der Waals surface area contributed by atoms with E-state index < -0.39 is 28.2 Å². The van der Waals surface area contributed by atoms with Gasteiger partial charge in [0, 0.05) is 12.2 Å². The summed E-state index contributed by atoms with van der Waals surface area (Å²) in [6.07, 6.45) is -1.03. The van der Waals surface area contributed by atoms with Gasteiger partial charge in [0.1, 0.15) is 17.7 Å². The smallest absolute Gasteiger partial charge is 0.274 e. The number of amidine groups is 1. The van der Waals surface area contributed by atoms with Crippen LogP contribution in [0.25, 0.3) is 0 Å². The minimum Gasteiger partial charge on any atom is -0.359 e. The van der Waals surface area contributed by atoms with E-state index in [9.17, 15) is 17.7 Å². The van der Waals surface area contributed by atoms with Crippen LogP contribution in [0, 0.1) is 10.7 Å². The van der Waals surface area contributed by atoms with Crippen LogP contribution in [0.2, 0.25) is 0 Å². The molecule has 2 rings (SSSR count). The lowest BCUT2D eigenvalue weighted by atomic mass is 10.2. The Morgan fingerprint density at radius 2 is 2.24 bits per heavy atom. The van der Waals surface area contributed by atoms with Gasteiger partial charge in [-0.2, -0.15) is 18.8 Å². The van der Waals surface area contributed by atoms with Crippen LogP contribution >= 0.6 is 15.9 Å². The number of anilines is 1. The van der Waals surface area contributed by atoms with Gasteiger partial charge >= 0.3 is 0 Å². The van der Waals surface area contributed by atoms with Crippen molar-refractivity contribution in [3.05, 3.63) is 33.4 Å². The zero-order valence-electron chi connectivity index (χ0n) is 12.6. The SMILES string of the molecule is NS(=O)(=O)NCCN=C1NONC1C(N=O)Nc1ccc(F)c(Br)c1. The first kappa shape index (κ1) is 19.6. The third-order valence-corrected chi connectivity index (χ3v) is 4.21. The quantitative estimate of drug-likeness (QED) is 0.274. The molecule has 14 heteroatoms. The predicted octanol–water partition coefficient (Wildman–Crippen LogP) is -0.308. The van der Waals surface area contributed by atoms with Crippen molar-refractivity contribution >= 4 is 37.7 Å². The summed E-state index contributed by atoms with van der Waals surface area (Å²) in [6.45, 7) is 0.0161. The van der Waals surface area contributed by atoms with Crippen molar-refractivity contribution in [1.29, 1.82) is 0 Å². The summed E-state index contributed by atoms with van der Waals surface area (Å²) < 4.78 is 37.1. The Bertz CT molecular complexity index is 763. The van der Waals surface area contributed by atoms with Gasteiger partial charge in [-0.15, -0.1) is 4.91 Å². The molecule has 6 N–H and O–H groups in total. The zero-order valence-corrected chi connectivity index (χ0v) is 15.0. The van der Waals surface area contributed by atoms with Crippen LogP contribution in [0.1, 0.15) is 0 Å². The van der Waals surface area contributed by atoms with E-state index in [0.29, 0.717) is 5.69 Å². The van der Waals surface area contributed by atoms with E-state index in [2.05, 4.69) is 47.1 Å². The lowest BCUT2D eigenvalue weighted by Crippen LogP contribution is -2.44. The second-order valence-corrected chi connectivity index (χ2v) is 7.06. The Labute approximate surface area is 150 Å². The molecule has 1 heterocycles. The van der Waals surface area contributed by atoms with E-state index in [1.165, 1.54) is 18.2 Å². The highest BCUT2D eigenvalue weighted by atomic mass is 79.9. The van der Waals surface area contributed by atoms with Gasteiger partial charge in [-0.3, -0.25) is 4.99 Å². The molecule has 11 nitrogen and oxygen atoms in total. The number of nitrogens with two attached hydrogens (primary N) is 1. The minimum absolute atomic E-state index is 0.0335. The number of nitroso groups, excluding NO2 is 1. The highest BCUT2D eigenvalue weighted by molar-refractivity contribution is 9.10. The lowest BCUT2D eigenvalue weighted by molar-refractivity contribution is 0.0208. The Morgan fingerprint density at radius 1 is 1.48 bits per heavy atom. The van der Waals surface area contributed by atoms with Crippen LogP contribution in [-0.2, 0) is 15.1 Å². The molecule has 1 fully saturated rings. The normalized spacial score (nSPS) is 20.3. The Balaban J connectivity index is 2.02. The summed E-state index contributed by atoms with van der Waals surface area (Å²) in [7, 11) is -3.81. The van der Waals surface area contributed by atoms with Gasteiger partial charge in [0.2, 0.25) is 0 Å². The molecule has 0 amide bonds. The van der Waals surface area contributed by atoms with Crippen LogP contribution in [0.15, 0.2) is 32.8 Å². The molecule has 0 bridgehead atoms. The molecule has 0 spiro atoms. The van der Waals surface area contributed by atoms with E-state index in [4.69, 9.17) is 10.1 Å². The molecule has 0 aromatic heterocycles. The number of benzene rings is 1. The average Bonchev–Trinajstić information content (AvgIpc) is 3.00. The predicted molar refractivity (Wildman–Crippen MR) is 91.9 cm³/mol. The summed E-state index contributed by atoms with van der Waals surface area (Å²) in [6, 6.07) is 3.34. The van der Waals surface area contributed by atoms with Crippen LogP contribution in [0.5, 0.6) is 0 Å². The topological polar surface area (TPSA) is 159 Å². The maximum Gasteiger partial charge on any atom is 0.274 e. The molecular weight excluding hydrogens is 425 g/mol. The van der Waals surface area contributed by atoms with Gasteiger partial charge in [-0.25, -0.2) is 19.7 Å². The first-order valence-electron chi connectivity index (χ1n) is 6.83. The fourth-order valence-electron chi connectivity index (χ4n) is 1.90. The minimum atomic E-state index is -3.81. The van der Waals surface area contributed by atoms with Gasteiger partial charge in [0.15, 0.2) is 6.17 Å². The molecule has 25 heavy (non-hydrogen) atoms. The highest BCUT2D eigenvalue weighted by Gasteiger charge is 2.33. The monoisotopic (exact) mass is 439 g/mol. The van der Waals surface area contributed by atoms with Crippen molar-refractivity contribution in [3.8, 4) is 0 Å². The Morgan fingerprint density at radius 3 is 2.88 bits per heavy atom. The Hall–Kier alpha value is -1.71. The summed E-state index contributed by atoms with van der Waals surface area (Å²) in [4.78, 5) is 20.1. The summed E-state index contributed by atoms with van der Waals surface area (Å²) in [5, 5.41) is 10.6. The number of hydrogen-bond acceptors (Lipinski definition) is 8. The molecule has 1 saturated heterocycles. The molecule has 1 aromatic carbocycles. The maximum atomic E-state index is 13.3. The average molecular weight is 440 g/mol. The van der Waals surface area contributed by atoms with Crippen molar-refractivity contribution in [1.82, 2.24) is 15.7 Å². The van der Waals surface area contributed by atoms with Gasteiger partial charge in [-0.1, -0.05) is 0 Å². The lowest BCUT2D eigenvalue weighted by Gasteiger charge is -2.18. The highest BCUT2D eigenvalue weighted by Crippen LogP contribution is 2.21. The van der Waals surface area contributed by atoms with Crippen LogP contribution in [0.3, 0.4) is 0 Å². The number of aliphatic imine (C=N–C) groups is 1. The molecular formula is C11H15BrFN7O4S. The second-order valence-electron chi connectivity index (χ2n) is 4.83. The van der Waals surface area contributed by atoms with E-state index >= 15 is 0 Å². The zero-order chi connectivity index (χ0) is 18.4. The molecule has 0 radical (unpaired) electrons. The van der Waals surface area contributed by atoms with Gasteiger partial charge in [0.05, 0.1) is 11.0 Å². The fraction of sp³-hybridized carbons (Fsp3) is 0.364. The molecule has 0 aliphatic carbocycles. The molecule has 1 aliphatic heterocycles. The molecule has 2 unspecified atom stereocenters. The van der Waals surface area contributed by atoms with E-state index in [-0.39, 0.29) is 23.4 Å². The Kier molecular flexibility index (Phi) is 6.74. The second kappa shape index (κ2) is 8.59. The fourth-order valence-corrected chi connectivity index (χ4v) is 2.66. The van der Waals surface area contributed by atoms with Crippen LogP contribution in [0.4, 0.5) is 10.1 Å². The number of rotatable bonds is 8.